The molecule has 2 amide bonds. The zero-order valence-electron chi connectivity index (χ0n) is 14.3. The number of imide groups is 1. The third-order valence-electron chi connectivity index (χ3n) is 5.02. The van der Waals surface area contributed by atoms with Crippen LogP contribution in [0.3, 0.4) is 0 Å². The second-order valence-electron chi connectivity index (χ2n) is 6.66. The van der Waals surface area contributed by atoms with Crippen molar-refractivity contribution < 1.29 is 23.8 Å². The van der Waals surface area contributed by atoms with Crippen LogP contribution >= 0.6 is 0 Å². The second kappa shape index (κ2) is 6.37. The fourth-order valence-electron chi connectivity index (χ4n) is 3.68. The van der Waals surface area contributed by atoms with Gasteiger partial charge in [0.05, 0.1) is 42.6 Å². The first kappa shape index (κ1) is 16.4. The minimum absolute atomic E-state index is 0.135. The van der Waals surface area contributed by atoms with E-state index in [1.54, 1.807) is 24.3 Å². The van der Waals surface area contributed by atoms with E-state index in [4.69, 9.17) is 14.2 Å². The van der Waals surface area contributed by atoms with Crippen LogP contribution in [0.4, 0.5) is 0 Å². The van der Waals surface area contributed by atoms with Gasteiger partial charge in [0.15, 0.2) is 6.29 Å². The van der Waals surface area contributed by atoms with Gasteiger partial charge in [-0.3, -0.25) is 14.5 Å². The van der Waals surface area contributed by atoms with Gasteiger partial charge in [0.25, 0.3) is 11.8 Å². The molecule has 3 atom stereocenters. The van der Waals surface area contributed by atoms with Gasteiger partial charge in [-0.25, -0.2) is 0 Å². The lowest BCUT2D eigenvalue weighted by molar-refractivity contribution is -0.0972. The smallest absolute Gasteiger partial charge is 0.262 e. The maximum absolute atomic E-state index is 12.7. The quantitative estimate of drug-likeness (QED) is 0.621. The Hall–Kier alpha value is -2.02. The molecule has 0 radical (unpaired) electrons. The largest absolute Gasteiger partial charge is 0.368 e. The molecule has 6 heteroatoms. The molecule has 1 fully saturated rings. The number of amides is 2. The summed E-state index contributed by atoms with van der Waals surface area (Å²) in [5.74, 6) is -0.517. The monoisotopic (exact) mass is 343 g/mol. The number of nitrogens with zero attached hydrogens (tertiary/aromatic N) is 1. The van der Waals surface area contributed by atoms with Crippen LogP contribution in [0.5, 0.6) is 0 Å². The number of carbonyl (C=O) groups is 2. The molecule has 1 aromatic rings. The molecule has 132 valence electrons. The van der Waals surface area contributed by atoms with E-state index in [1.165, 1.54) is 4.90 Å². The standard InChI is InChI=1S/C19H21NO5/c1-11-9-15(12(2)25-16(11)10-17-23-7-8-24-17)20-18(21)13-5-3-4-6-14(13)19(20)22/h3-6,9,12,15-17H,7-8,10H2,1-2H3/t12-,15-,16+/m1/s1. The van der Waals surface area contributed by atoms with Gasteiger partial charge in [-0.2, -0.15) is 0 Å². The summed E-state index contributed by atoms with van der Waals surface area (Å²) < 4.78 is 17.1. The number of fused-ring (bicyclic) bond motifs is 1. The second-order valence-corrected chi connectivity index (χ2v) is 6.66. The lowest BCUT2D eigenvalue weighted by Crippen LogP contribution is -2.49. The molecule has 0 saturated carbocycles. The highest BCUT2D eigenvalue weighted by molar-refractivity contribution is 6.21. The van der Waals surface area contributed by atoms with Crippen molar-refractivity contribution in [2.45, 2.75) is 44.8 Å². The molecule has 25 heavy (non-hydrogen) atoms. The number of hydrogen-bond donors (Lipinski definition) is 0. The summed E-state index contributed by atoms with van der Waals surface area (Å²) in [4.78, 5) is 26.7. The lowest BCUT2D eigenvalue weighted by atomic mass is 9.97. The number of hydrogen-bond acceptors (Lipinski definition) is 5. The highest BCUT2D eigenvalue weighted by atomic mass is 16.7. The minimum Gasteiger partial charge on any atom is -0.368 e. The van der Waals surface area contributed by atoms with Crippen LogP contribution < -0.4 is 0 Å². The van der Waals surface area contributed by atoms with Gasteiger partial charge in [0.1, 0.15) is 0 Å². The van der Waals surface area contributed by atoms with E-state index in [1.807, 2.05) is 19.9 Å². The topological polar surface area (TPSA) is 65.1 Å². The van der Waals surface area contributed by atoms with Crippen LogP contribution in [0.2, 0.25) is 0 Å². The molecule has 6 nitrogen and oxygen atoms in total. The maximum atomic E-state index is 12.7. The van der Waals surface area contributed by atoms with E-state index >= 15 is 0 Å². The fourth-order valence-corrected chi connectivity index (χ4v) is 3.68. The maximum Gasteiger partial charge on any atom is 0.262 e. The average molecular weight is 343 g/mol. The van der Waals surface area contributed by atoms with Crippen molar-refractivity contribution in [2.75, 3.05) is 13.2 Å². The molecule has 0 N–H and O–H groups in total. The summed E-state index contributed by atoms with van der Waals surface area (Å²) in [6, 6.07) is 6.52. The Bertz CT molecular complexity index is 702. The Morgan fingerprint density at radius 1 is 1.08 bits per heavy atom. The molecule has 0 bridgehead atoms. The van der Waals surface area contributed by atoms with E-state index in [0.29, 0.717) is 30.8 Å². The average Bonchev–Trinajstić information content (AvgIpc) is 3.19. The Morgan fingerprint density at radius 2 is 1.68 bits per heavy atom. The number of rotatable bonds is 3. The molecular weight excluding hydrogens is 322 g/mol. The zero-order valence-corrected chi connectivity index (χ0v) is 14.3. The molecule has 3 aliphatic rings. The summed E-state index contributed by atoms with van der Waals surface area (Å²) in [6.07, 6.45) is 1.90. The first-order valence-corrected chi connectivity index (χ1v) is 8.60. The summed E-state index contributed by atoms with van der Waals surface area (Å²) in [7, 11) is 0. The highest BCUT2D eigenvalue weighted by Gasteiger charge is 2.43. The Labute approximate surface area is 146 Å². The van der Waals surface area contributed by atoms with Crippen LogP contribution in [-0.2, 0) is 14.2 Å². The van der Waals surface area contributed by atoms with Crippen molar-refractivity contribution in [3.63, 3.8) is 0 Å². The molecule has 0 aliphatic carbocycles. The van der Waals surface area contributed by atoms with Crippen LogP contribution in [0.25, 0.3) is 0 Å². The van der Waals surface area contributed by atoms with Crippen molar-refractivity contribution in [3.05, 3.63) is 47.0 Å². The van der Waals surface area contributed by atoms with E-state index in [2.05, 4.69) is 0 Å². The van der Waals surface area contributed by atoms with Gasteiger partial charge in [0.2, 0.25) is 0 Å². The van der Waals surface area contributed by atoms with Crippen molar-refractivity contribution in [1.29, 1.82) is 0 Å². The molecule has 0 spiro atoms. The fraction of sp³-hybridized carbons (Fsp3) is 0.474. The predicted molar refractivity (Wildman–Crippen MR) is 89.1 cm³/mol. The highest BCUT2D eigenvalue weighted by Crippen LogP contribution is 2.32. The third kappa shape index (κ3) is 2.80. The summed E-state index contributed by atoms with van der Waals surface area (Å²) in [5.41, 5.74) is 1.90. The number of ether oxygens (including phenoxy) is 3. The van der Waals surface area contributed by atoms with Crippen LogP contribution in [0, 0.1) is 0 Å². The summed E-state index contributed by atoms with van der Waals surface area (Å²) in [6.45, 7) is 5.05. The van der Waals surface area contributed by atoms with Gasteiger partial charge in [-0.1, -0.05) is 18.2 Å². The Morgan fingerprint density at radius 3 is 2.28 bits per heavy atom. The normalized spacial score (nSPS) is 29.9. The van der Waals surface area contributed by atoms with Crippen LogP contribution in [0.1, 0.15) is 41.0 Å². The van der Waals surface area contributed by atoms with Crippen molar-refractivity contribution >= 4 is 11.8 Å². The minimum atomic E-state index is -0.408. The van der Waals surface area contributed by atoms with Crippen molar-refractivity contribution in [1.82, 2.24) is 4.90 Å². The number of benzene rings is 1. The third-order valence-corrected chi connectivity index (χ3v) is 5.02. The molecule has 4 rings (SSSR count). The Balaban J connectivity index is 1.56. The van der Waals surface area contributed by atoms with Crippen LogP contribution in [-0.4, -0.2) is 54.5 Å². The lowest BCUT2D eigenvalue weighted by Gasteiger charge is -2.37. The molecule has 1 aromatic carbocycles. The first-order chi connectivity index (χ1) is 12.1. The summed E-state index contributed by atoms with van der Waals surface area (Å²) in [5, 5.41) is 0. The zero-order chi connectivity index (χ0) is 17.6. The van der Waals surface area contributed by atoms with Crippen molar-refractivity contribution in [2.24, 2.45) is 0 Å². The summed E-state index contributed by atoms with van der Waals surface area (Å²) >= 11 is 0. The van der Waals surface area contributed by atoms with E-state index in [-0.39, 0.29) is 30.3 Å². The molecule has 0 unspecified atom stereocenters. The van der Waals surface area contributed by atoms with E-state index in [0.717, 1.165) is 5.57 Å². The molecule has 1 saturated heterocycles. The van der Waals surface area contributed by atoms with Gasteiger partial charge >= 0.3 is 0 Å². The van der Waals surface area contributed by atoms with E-state index in [9.17, 15) is 9.59 Å². The SMILES string of the molecule is CC1=C[C@@H](N2C(=O)c3ccccc3C2=O)[C@@H](C)O[C@H]1CC1OCCO1. The first-order valence-electron chi connectivity index (χ1n) is 8.60. The molecular formula is C19H21NO5. The van der Waals surface area contributed by atoms with Gasteiger partial charge < -0.3 is 14.2 Å². The van der Waals surface area contributed by atoms with Crippen molar-refractivity contribution in [3.8, 4) is 0 Å². The molecule has 3 heterocycles. The molecule has 3 aliphatic heterocycles. The van der Waals surface area contributed by atoms with Gasteiger partial charge in [-0.05, 0) is 31.6 Å². The van der Waals surface area contributed by atoms with Gasteiger partial charge in [0, 0.05) is 6.42 Å². The van der Waals surface area contributed by atoms with Crippen LogP contribution in [0.15, 0.2) is 35.9 Å². The predicted octanol–water partition coefficient (Wildman–Crippen LogP) is 2.15. The Kier molecular flexibility index (Phi) is 4.19. The number of carbonyl (C=O) groups excluding carboxylic acids is 2. The van der Waals surface area contributed by atoms with Gasteiger partial charge in [-0.15, -0.1) is 0 Å². The molecule has 0 aromatic heterocycles. The van der Waals surface area contributed by atoms with E-state index < -0.39 is 6.04 Å².